The number of hydrogen-bond donors (Lipinski definition) is 3. The van der Waals surface area contributed by atoms with Crippen LogP contribution in [0.4, 0.5) is 0 Å². The van der Waals surface area contributed by atoms with Crippen molar-refractivity contribution in [1.82, 2.24) is 14.8 Å². The summed E-state index contributed by atoms with van der Waals surface area (Å²) in [6.07, 6.45) is 6.00. The molecule has 0 bridgehead atoms. The third kappa shape index (κ3) is 3.56. The molecular weight excluding hydrogens is 258 g/mol. The second kappa shape index (κ2) is 5.51. The Bertz CT molecular complexity index is 470. The van der Waals surface area contributed by atoms with Gasteiger partial charge in [-0.3, -0.25) is 0 Å². The minimum absolute atomic E-state index is 0.291. The first-order valence-electron chi connectivity index (χ1n) is 5.33. The van der Waals surface area contributed by atoms with E-state index < -0.39 is 21.8 Å². The van der Waals surface area contributed by atoms with Crippen molar-refractivity contribution in [2.75, 3.05) is 7.11 Å². The van der Waals surface area contributed by atoms with Crippen LogP contribution in [0.3, 0.4) is 0 Å². The number of methoxy groups -OCH3 is 1. The molecule has 0 aromatic carbocycles. The van der Waals surface area contributed by atoms with Crippen LogP contribution < -0.4 is 14.8 Å². The molecular formula is C10H17N3O4S. The molecule has 1 rings (SSSR count). The van der Waals surface area contributed by atoms with E-state index in [1.54, 1.807) is 26.0 Å². The summed E-state index contributed by atoms with van der Waals surface area (Å²) in [5.74, 6) is -0.753. The maximum atomic E-state index is 11.8. The van der Waals surface area contributed by atoms with E-state index in [-0.39, 0.29) is 6.04 Å². The summed E-state index contributed by atoms with van der Waals surface area (Å²) in [6.45, 7) is 3.35. The van der Waals surface area contributed by atoms with Gasteiger partial charge >= 0.3 is 5.97 Å². The maximum Gasteiger partial charge on any atom is 0.352 e. The zero-order chi connectivity index (χ0) is 13.8. The van der Waals surface area contributed by atoms with Gasteiger partial charge in [0.05, 0.1) is 7.11 Å². The van der Waals surface area contributed by atoms with Crippen LogP contribution in [0.1, 0.15) is 13.8 Å². The topological polar surface area (TPSA) is 96.5 Å². The van der Waals surface area contributed by atoms with Gasteiger partial charge in [0.25, 0.3) is 10.2 Å². The first kappa shape index (κ1) is 14.7. The fourth-order valence-electron chi connectivity index (χ4n) is 1.43. The van der Waals surface area contributed by atoms with Crippen molar-refractivity contribution in [3.63, 3.8) is 0 Å². The summed E-state index contributed by atoms with van der Waals surface area (Å²) in [6, 6.07) is -0.291. The predicted molar refractivity (Wildman–Crippen MR) is 66.5 cm³/mol. The van der Waals surface area contributed by atoms with Crippen LogP contribution >= 0.6 is 0 Å². The molecule has 0 saturated heterocycles. The van der Waals surface area contributed by atoms with Crippen molar-refractivity contribution in [2.24, 2.45) is 0 Å². The summed E-state index contributed by atoms with van der Waals surface area (Å²) in [7, 11) is -2.66. The first-order chi connectivity index (χ1) is 8.31. The van der Waals surface area contributed by atoms with Crippen LogP contribution in [-0.4, -0.2) is 33.2 Å². The summed E-state index contributed by atoms with van der Waals surface area (Å²) in [5.41, 5.74) is -1.62. The number of rotatable bonds is 5. The number of carbonyl (C=O) groups is 1. The molecule has 1 aliphatic heterocycles. The van der Waals surface area contributed by atoms with Crippen LogP contribution in [0.15, 0.2) is 24.4 Å². The van der Waals surface area contributed by atoms with E-state index in [9.17, 15) is 13.2 Å². The molecule has 0 radical (unpaired) electrons. The highest BCUT2D eigenvalue weighted by atomic mass is 32.2. The third-order valence-electron chi connectivity index (χ3n) is 2.06. The molecule has 3 N–H and O–H groups in total. The highest BCUT2D eigenvalue weighted by molar-refractivity contribution is 7.87. The van der Waals surface area contributed by atoms with Crippen molar-refractivity contribution in [3.8, 4) is 0 Å². The van der Waals surface area contributed by atoms with Crippen LogP contribution in [0.2, 0.25) is 0 Å². The van der Waals surface area contributed by atoms with E-state index in [1.807, 2.05) is 0 Å². The molecule has 0 saturated carbocycles. The van der Waals surface area contributed by atoms with E-state index >= 15 is 0 Å². The van der Waals surface area contributed by atoms with Gasteiger partial charge in [0.2, 0.25) is 5.66 Å². The molecule has 1 heterocycles. The van der Waals surface area contributed by atoms with E-state index in [2.05, 4.69) is 19.5 Å². The molecule has 102 valence electrons. The lowest BCUT2D eigenvalue weighted by Crippen LogP contribution is -2.64. The van der Waals surface area contributed by atoms with Gasteiger partial charge in [0, 0.05) is 6.04 Å². The number of allylic oxidation sites excluding steroid dienone is 2. The highest BCUT2D eigenvalue weighted by Gasteiger charge is 2.41. The molecule has 0 amide bonds. The molecule has 1 aliphatic rings. The fourth-order valence-corrected chi connectivity index (χ4v) is 2.74. The smallest absolute Gasteiger partial charge is 0.352 e. The molecule has 1 atom stereocenters. The van der Waals surface area contributed by atoms with Crippen molar-refractivity contribution in [1.29, 1.82) is 0 Å². The molecule has 7 nitrogen and oxygen atoms in total. The average molecular weight is 275 g/mol. The fraction of sp³-hybridized carbons (Fsp3) is 0.500. The molecule has 8 heteroatoms. The average Bonchev–Trinajstić information content (AvgIpc) is 2.26. The second-order valence-electron chi connectivity index (χ2n) is 4.04. The van der Waals surface area contributed by atoms with Gasteiger partial charge in [0.15, 0.2) is 0 Å². The largest absolute Gasteiger partial charge is 0.466 e. The van der Waals surface area contributed by atoms with Gasteiger partial charge in [-0.1, -0.05) is 6.08 Å². The van der Waals surface area contributed by atoms with Crippen molar-refractivity contribution >= 4 is 16.2 Å². The van der Waals surface area contributed by atoms with Gasteiger partial charge < -0.3 is 10.1 Å². The second-order valence-corrected chi connectivity index (χ2v) is 5.49. The zero-order valence-corrected chi connectivity index (χ0v) is 11.2. The number of hydrogen-bond acceptors (Lipinski definition) is 5. The lowest BCUT2D eigenvalue weighted by molar-refractivity contribution is -0.146. The van der Waals surface area contributed by atoms with E-state index in [0.29, 0.717) is 0 Å². The summed E-state index contributed by atoms with van der Waals surface area (Å²) in [4.78, 5) is 11.7. The Hall–Kier alpha value is -1.38. The Morgan fingerprint density at radius 3 is 2.50 bits per heavy atom. The monoisotopic (exact) mass is 275 g/mol. The third-order valence-corrected chi connectivity index (χ3v) is 3.43. The molecule has 0 aromatic heterocycles. The van der Waals surface area contributed by atoms with Crippen molar-refractivity contribution < 1.29 is 17.9 Å². The normalized spacial score (nSPS) is 22.9. The molecule has 18 heavy (non-hydrogen) atoms. The minimum atomic E-state index is -3.84. The summed E-state index contributed by atoms with van der Waals surface area (Å²) < 4.78 is 32.8. The van der Waals surface area contributed by atoms with Gasteiger partial charge in [-0.15, -0.1) is 0 Å². The Kier molecular flexibility index (Phi) is 4.49. The maximum absolute atomic E-state index is 11.8. The molecule has 0 fully saturated rings. The number of dihydropyridines is 1. The Labute approximate surface area is 106 Å². The number of nitrogens with one attached hydrogen (secondary N) is 3. The van der Waals surface area contributed by atoms with E-state index in [4.69, 9.17) is 0 Å². The molecule has 1 unspecified atom stereocenters. The molecule has 0 aromatic rings. The Morgan fingerprint density at radius 2 is 2.06 bits per heavy atom. The zero-order valence-electron chi connectivity index (χ0n) is 10.4. The summed E-state index contributed by atoms with van der Waals surface area (Å²) in [5, 5.41) is 2.64. The Morgan fingerprint density at radius 1 is 1.39 bits per heavy atom. The number of carbonyl (C=O) groups excluding carboxylic acids is 1. The van der Waals surface area contributed by atoms with Crippen molar-refractivity contribution in [3.05, 3.63) is 24.4 Å². The van der Waals surface area contributed by atoms with Crippen LogP contribution in [0.5, 0.6) is 0 Å². The predicted octanol–water partition coefficient (Wildman–Crippen LogP) is -0.639. The van der Waals surface area contributed by atoms with Crippen LogP contribution in [0.25, 0.3) is 0 Å². The molecule has 0 aliphatic carbocycles. The number of esters is 1. The van der Waals surface area contributed by atoms with Crippen molar-refractivity contribution in [2.45, 2.75) is 25.6 Å². The summed E-state index contributed by atoms with van der Waals surface area (Å²) >= 11 is 0. The van der Waals surface area contributed by atoms with Crippen LogP contribution in [-0.2, 0) is 19.7 Å². The van der Waals surface area contributed by atoms with Gasteiger partial charge in [0.1, 0.15) is 0 Å². The van der Waals surface area contributed by atoms with Gasteiger partial charge in [-0.2, -0.15) is 17.9 Å². The quantitative estimate of drug-likeness (QED) is 0.580. The lowest BCUT2D eigenvalue weighted by atomic mass is 10.1. The minimum Gasteiger partial charge on any atom is -0.466 e. The van der Waals surface area contributed by atoms with E-state index in [1.165, 1.54) is 19.4 Å². The number of ether oxygens (including phenoxy) is 1. The van der Waals surface area contributed by atoms with Gasteiger partial charge in [-0.25, -0.2) is 4.79 Å². The van der Waals surface area contributed by atoms with Gasteiger partial charge in [-0.05, 0) is 32.2 Å². The Balaban J connectivity index is 2.97. The highest BCUT2D eigenvalue weighted by Crippen LogP contribution is 2.11. The lowest BCUT2D eigenvalue weighted by Gasteiger charge is -2.30. The molecule has 0 spiro atoms. The van der Waals surface area contributed by atoms with Crippen LogP contribution in [0, 0.1) is 0 Å². The first-order valence-corrected chi connectivity index (χ1v) is 6.81. The standard InChI is InChI=1S/C10H17N3O4S/c1-8(2)12-18(15,16)13-10(9(14)17-3)6-4-5-7-11-10/h4-8,11-13H,1-3H3. The van der Waals surface area contributed by atoms with E-state index in [0.717, 1.165) is 0 Å². The SMILES string of the molecule is COC(=O)C1(NS(=O)(=O)NC(C)C)C=CC=CN1.